The molecule has 0 aromatic heterocycles. The Hall–Kier alpha value is -2.07. The molecule has 2 N–H and O–H groups in total. The van der Waals surface area contributed by atoms with Crippen molar-refractivity contribution in [3.8, 4) is 0 Å². The van der Waals surface area contributed by atoms with Crippen molar-refractivity contribution in [2.45, 2.75) is 6.17 Å². The molecule has 96 valence electrons. The van der Waals surface area contributed by atoms with Crippen molar-refractivity contribution in [2.75, 3.05) is 5.32 Å². The third-order valence-electron chi connectivity index (χ3n) is 3.03. The van der Waals surface area contributed by atoms with Crippen LogP contribution in [0.25, 0.3) is 0 Å². The smallest absolute Gasteiger partial charge is 0.256 e. The van der Waals surface area contributed by atoms with Gasteiger partial charge in [0, 0.05) is 5.56 Å². The van der Waals surface area contributed by atoms with E-state index < -0.39 is 6.17 Å². The van der Waals surface area contributed by atoms with E-state index in [1.807, 2.05) is 0 Å². The van der Waals surface area contributed by atoms with Crippen molar-refractivity contribution in [1.82, 2.24) is 5.32 Å². The van der Waals surface area contributed by atoms with E-state index in [0.717, 1.165) is 0 Å². The van der Waals surface area contributed by atoms with Crippen LogP contribution >= 0.6 is 11.6 Å². The van der Waals surface area contributed by atoms with Gasteiger partial charge in [0.1, 0.15) is 12.0 Å². The number of anilines is 1. The Balaban J connectivity index is 2.03. The molecule has 1 amide bonds. The summed E-state index contributed by atoms with van der Waals surface area (Å²) in [7, 11) is 0. The van der Waals surface area contributed by atoms with E-state index in [-0.39, 0.29) is 11.7 Å². The maximum absolute atomic E-state index is 13.7. The second kappa shape index (κ2) is 4.55. The number of halogens is 2. The number of fused-ring (bicyclic) bond motifs is 1. The summed E-state index contributed by atoms with van der Waals surface area (Å²) in [4.78, 5) is 12.0. The molecule has 1 aliphatic rings. The number of carbonyl (C=O) groups excluding carboxylic acids is 1. The van der Waals surface area contributed by atoms with E-state index in [9.17, 15) is 9.18 Å². The van der Waals surface area contributed by atoms with Gasteiger partial charge in [-0.05, 0) is 18.2 Å². The van der Waals surface area contributed by atoms with Crippen LogP contribution in [0.2, 0.25) is 5.02 Å². The Bertz CT molecular complexity index is 660. The number of amides is 1. The molecule has 1 heterocycles. The fourth-order valence-electron chi connectivity index (χ4n) is 2.13. The summed E-state index contributed by atoms with van der Waals surface area (Å²) >= 11 is 5.99. The van der Waals surface area contributed by atoms with Crippen molar-refractivity contribution in [3.05, 3.63) is 64.4 Å². The maximum Gasteiger partial charge on any atom is 0.256 e. The van der Waals surface area contributed by atoms with Gasteiger partial charge in [0.2, 0.25) is 0 Å². The number of hydrogen-bond donors (Lipinski definition) is 2. The minimum atomic E-state index is -0.598. The van der Waals surface area contributed by atoms with Crippen molar-refractivity contribution < 1.29 is 9.18 Å². The Morgan fingerprint density at radius 3 is 2.63 bits per heavy atom. The van der Waals surface area contributed by atoms with E-state index in [1.165, 1.54) is 6.07 Å². The largest absolute Gasteiger partial charge is 0.361 e. The predicted molar refractivity (Wildman–Crippen MR) is 71.7 cm³/mol. The molecular weight excluding hydrogens is 267 g/mol. The SMILES string of the molecule is O=C1NC(c2ccccc2F)Nc2cccc(Cl)c21. The molecule has 0 saturated heterocycles. The lowest BCUT2D eigenvalue weighted by Gasteiger charge is -2.28. The van der Waals surface area contributed by atoms with Crippen LogP contribution in [0.5, 0.6) is 0 Å². The Labute approximate surface area is 114 Å². The summed E-state index contributed by atoms with van der Waals surface area (Å²) in [5.74, 6) is -0.682. The predicted octanol–water partition coefficient (Wildman–Crippen LogP) is 3.33. The van der Waals surface area contributed by atoms with Gasteiger partial charge in [-0.15, -0.1) is 0 Å². The monoisotopic (exact) mass is 276 g/mol. The molecule has 3 nitrogen and oxygen atoms in total. The van der Waals surface area contributed by atoms with Gasteiger partial charge in [0.25, 0.3) is 5.91 Å². The molecule has 0 spiro atoms. The Morgan fingerprint density at radius 1 is 1.05 bits per heavy atom. The van der Waals surface area contributed by atoms with Crippen LogP contribution in [0.4, 0.5) is 10.1 Å². The lowest BCUT2D eigenvalue weighted by molar-refractivity contribution is 0.0935. The summed E-state index contributed by atoms with van der Waals surface area (Å²) in [6.45, 7) is 0. The molecule has 2 aromatic carbocycles. The van der Waals surface area contributed by atoms with Gasteiger partial charge in [-0.3, -0.25) is 4.79 Å². The minimum absolute atomic E-state index is 0.312. The fourth-order valence-corrected chi connectivity index (χ4v) is 2.40. The number of rotatable bonds is 1. The zero-order chi connectivity index (χ0) is 13.4. The summed E-state index contributed by atoms with van der Waals surface area (Å²) in [5.41, 5.74) is 1.38. The van der Waals surface area contributed by atoms with E-state index in [1.54, 1.807) is 36.4 Å². The van der Waals surface area contributed by atoms with Gasteiger partial charge < -0.3 is 10.6 Å². The van der Waals surface area contributed by atoms with E-state index in [4.69, 9.17) is 11.6 Å². The van der Waals surface area contributed by atoms with Crippen LogP contribution in [0.3, 0.4) is 0 Å². The molecule has 0 fully saturated rings. The van der Waals surface area contributed by atoms with Crippen LogP contribution < -0.4 is 10.6 Å². The van der Waals surface area contributed by atoms with Crippen molar-refractivity contribution in [1.29, 1.82) is 0 Å². The number of nitrogens with one attached hydrogen (secondary N) is 2. The second-order valence-corrected chi connectivity index (χ2v) is 4.64. The van der Waals surface area contributed by atoms with E-state index in [2.05, 4.69) is 10.6 Å². The quantitative estimate of drug-likeness (QED) is 0.839. The van der Waals surface area contributed by atoms with Gasteiger partial charge in [-0.2, -0.15) is 0 Å². The number of hydrogen-bond acceptors (Lipinski definition) is 2. The maximum atomic E-state index is 13.7. The first-order chi connectivity index (χ1) is 9.16. The molecule has 0 bridgehead atoms. The third-order valence-corrected chi connectivity index (χ3v) is 3.35. The molecule has 5 heteroatoms. The van der Waals surface area contributed by atoms with E-state index >= 15 is 0 Å². The molecule has 19 heavy (non-hydrogen) atoms. The van der Waals surface area contributed by atoms with Gasteiger partial charge >= 0.3 is 0 Å². The van der Waals surface area contributed by atoms with Gasteiger partial charge in [-0.1, -0.05) is 35.9 Å². The van der Waals surface area contributed by atoms with Crippen molar-refractivity contribution >= 4 is 23.2 Å². The summed E-state index contributed by atoms with van der Waals surface area (Å²) in [5, 5.41) is 6.13. The molecule has 0 aliphatic carbocycles. The summed E-state index contributed by atoms with van der Waals surface area (Å²) < 4.78 is 13.7. The van der Waals surface area contributed by atoms with Crippen LogP contribution in [-0.4, -0.2) is 5.91 Å². The molecule has 1 unspecified atom stereocenters. The fraction of sp³-hybridized carbons (Fsp3) is 0.0714. The minimum Gasteiger partial charge on any atom is -0.361 e. The zero-order valence-electron chi connectivity index (χ0n) is 9.78. The van der Waals surface area contributed by atoms with Crippen LogP contribution in [0, 0.1) is 5.82 Å². The summed E-state index contributed by atoms with van der Waals surface area (Å²) in [6.07, 6.45) is -0.598. The van der Waals surface area contributed by atoms with Crippen molar-refractivity contribution in [3.63, 3.8) is 0 Å². The first kappa shape index (κ1) is 12.0. The molecular formula is C14H10ClFN2O. The highest BCUT2D eigenvalue weighted by Crippen LogP contribution is 2.31. The molecule has 1 aliphatic heterocycles. The van der Waals surface area contributed by atoms with Gasteiger partial charge in [0.05, 0.1) is 16.3 Å². The van der Waals surface area contributed by atoms with Crippen LogP contribution in [0.15, 0.2) is 42.5 Å². The highest BCUT2D eigenvalue weighted by molar-refractivity contribution is 6.34. The Kier molecular flexibility index (Phi) is 2.87. The standard InChI is InChI=1S/C14H10ClFN2O/c15-9-5-3-7-11-12(9)14(19)18-13(17-11)8-4-1-2-6-10(8)16/h1-7,13,17H,(H,18,19). The molecule has 1 atom stereocenters. The van der Waals surface area contributed by atoms with Gasteiger partial charge in [0.15, 0.2) is 0 Å². The topological polar surface area (TPSA) is 41.1 Å². The average molecular weight is 277 g/mol. The van der Waals surface area contributed by atoms with Crippen LogP contribution in [-0.2, 0) is 0 Å². The molecule has 0 radical (unpaired) electrons. The number of benzene rings is 2. The normalized spacial score (nSPS) is 17.4. The average Bonchev–Trinajstić information content (AvgIpc) is 2.39. The molecule has 3 rings (SSSR count). The second-order valence-electron chi connectivity index (χ2n) is 4.23. The highest BCUT2D eigenvalue weighted by atomic mass is 35.5. The number of carbonyl (C=O) groups is 1. The zero-order valence-corrected chi connectivity index (χ0v) is 10.5. The highest BCUT2D eigenvalue weighted by Gasteiger charge is 2.27. The van der Waals surface area contributed by atoms with Crippen LogP contribution in [0.1, 0.15) is 22.1 Å². The first-order valence-corrected chi connectivity index (χ1v) is 6.15. The Morgan fingerprint density at radius 2 is 1.84 bits per heavy atom. The molecule has 2 aromatic rings. The van der Waals surface area contributed by atoms with Gasteiger partial charge in [-0.25, -0.2) is 4.39 Å². The lowest BCUT2D eigenvalue weighted by Crippen LogP contribution is -2.39. The summed E-state index contributed by atoms with van der Waals surface area (Å²) in [6, 6.07) is 11.4. The van der Waals surface area contributed by atoms with Crippen molar-refractivity contribution in [2.24, 2.45) is 0 Å². The van der Waals surface area contributed by atoms with E-state index in [0.29, 0.717) is 21.8 Å². The third kappa shape index (κ3) is 2.04. The molecule has 0 saturated carbocycles. The first-order valence-electron chi connectivity index (χ1n) is 5.77. The lowest BCUT2D eigenvalue weighted by atomic mass is 10.1.